The first-order valence-electron chi connectivity index (χ1n) is 9.96. The number of nitrogens with zero attached hydrogens (tertiary/aromatic N) is 1. The Kier molecular flexibility index (Phi) is 6.92. The second kappa shape index (κ2) is 9.41. The number of sulfonamides is 1. The number of rotatable bonds is 7. The predicted octanol–water partition coefficient (Wildman–Crippen LogP) is 3.29. The standard InChI is InChI=1S/C22H28N2O4S/c1-17-13-18(2)15-20(14-17)28-12-9-23-22(25)19-7-6-8-21(16-19)29(26,27)24-10-4-3-5-11-24/h6-8,13-16H,3-5,9-12H2,1-2H3,(H,23,25). The molecule has 1 heterocycles. The van der Waals surface area contributed by atoms with Gasteiger partial charge in [0.15, 0.2) is 0 Å². The van der Waals surface area contributed by atoms with E-state index in [0.717, 1.165) is 36.1 Å². The molecule has 6 nitrogen and oxygen atoms in total. The SMILES string of the molecule is Cc1cc(C)cc(OCCNC(=O)c2cccc(S(=O)(=O)N3CCCCC3)c2)c1. The molecule has 1 fully saturated rings. The van der Waals surface area contributed by atoms with Gasteiger partial charge < -0.3 is 10.1 Å². The van der Waals surface area contributed by atoms with Gasteiger partial charge in [0, 0.05) is 18.7 Å². The minimum absolute atomic E-state index is 0.165. The molecule has 0 spiro atoms. The molecule has 0 unspecified atom stereocenters. The number of amides is 1. The maximum atomic E-state index is 12.8. The van der Waals surface area contributed by atoms with Crippen LogP contribution in [0.25, 0.3) is 0 Å². The summed E-state index contributed by atoms with van der Waals surface area (Å²) in [5, 5.41) is 2.78. The maximum Gasteiger partial charge on any atom is 0.251 e. The number of carbonyl (C=O) groups excluding carboxylic acids is 1. The minimum atomic E-state index is -3.56. The van der Waals surface area contributed by atoms with Gasteiger partial charge in [0.2, 0.25) is 10.0 Å². The lowest BCUT2D eigenvalue weighted by Crippen LogP contribution is -2.35. The Morgan fingerprint density at radius 1 is 1.03 bits per heavy atom. The summed E-state index contributed by atoms with van der Waals surface area (Å²) in [4.78, 5) is 12.6. The fourth-order valence-corrected chi connectivity index (χ4v) is 5.07. The largest absolute Gasteiger partial charge is 0.492 e. The van der Waals surface area contributed by atoms with Gasteiger partial charge in [-0.3, -0.25) is 4.79 Å². The van der Waals surface area contributed by atoms with E-state index in [2.05, 4.69) is 11.4 Å². The van der Waals surface area contributed by atoms with Gasteiger partial charge in [-0.1, -0.05) is 18.6 Å². The first-order chi connectivity index (χ1) is 13.9. The molecule has 29 heavy (non-hydrogen) atoms. The van der Waals surface area contributed by atoms with Crippen LogP contribution in [0.3, 0.4) is 0 Å². The van der Waals surface area contributed by atoms with Crippen LogP contribution in [0, 0.1) is 13.8 Å². The topological polar surface area (TPSA) is 75.7 Å². The third-order valence-electron chi connectivity index (χ3n) is 4.90. The Bertz CT molecular complexity index is 946. The molecule has 0 aliphatic carbocycles. The van der Waals surface area contributed by atoms with Gasteiger partial charge in [-0.25, -0.2) is 8.42 Å². The monoisotopic (exact) mass is 416 g/mol. The third-order valence-corrected chi connectivity index (χ3v) is 6.80. The van der Waals surface area contributed by atoms with Gasteiger partial charge in [-0.2, -0.15) is 4.31 Å². The molecule has 1 aliphatic heterocycles. The third kappa shape index (κ3) is 5.58. The van der Waals surface area contributed by atoms with Gasteiger partial charge in [0.25, 0.3) is 5.91 Å². The first kappa shape index (κ1) is 21.3. The lowest BCUT2D eigenvalue weighted by atomic mass is 10.1. The summed E-state index contributed by atoms with van der Waals surface area (Å²) < 4.78 is 32.8. The van der Waals surface area contributed by atoms with Crippen molar-refractivity contribution in [3.63, 3.8) is 0 Å². The highest BCUT2D eigenvalue weighted by molar-refractivity contribution is 7.89. The molecule has 1 aliphatic rings. The number of hydrogen-bond acceptors (Lipinski definition) is 4. The van der Waals surface area contributed by atoms with E-state index in [-0.39, 0.29) is 10.8 Å². The molecule has 0 aromatic heterocycles. The average Bonchev–Trinajstić information content (AvgIpc) is 2.71. The molecule has 0 atom stereocenters. The summed E-state index contributed by atoms with van der Waals surface area (Å²) in [6.45, 7) is 5.75. The highest BCUT2D eigenvalue weighted by Crippen LogP contribution is 2.21. The fraction of sp³-hybridized carbons (Fsp3) is 0.409. The molecular formula is C22H28N2O4S. The minimum Gasteiger partial charge on any atom is -0.492 e. The van der Waals surface area contributed by atoms with E-state index in [1.54, 1.807) is 18.2 Å². The van der Waals surface area contributed by atoms with E-state index >= 15 is 0 Å². The zero-order chi connectivity index (χ0) is 20.9. The summed E-state index contributed by atoms with van der Waals surface area (Å²) in [5.41, 5.74) is 2.57. The zero-order valence-electron chi connectivity index (χ0n) is 17.0. The van der Waals surface area contributed by atoms with Crippen LogP contribution in [-0.4, -0.2) is 44.9 Å². The van der Waals surface area contributed by atoms with E-state index in [9.17, 15) is 13.2 Å². The lowest BCUT2D eigenvalue weighted by molar-refractivity contribution is 0.0946. The van der Waals surface area contributed by atoms with Crippen LogP contribution in [0.2, 0.25) is 0 Å². The highest BCUT2D eigenvalue weighted by Gasteiger charge is 2.26. The number of piperidine rings is 1. The van der Waals surface area contributed by atoms with E-state index in [1.807, 2.05) is 26.0 Å². The Morgan fingerprint density at radius 2 is 1.72 bits per heavy atom. The van der Waals surface area contributed by atoms with Gasteiger partial charge in [-0.05, 0) is 68.1 Å². The summed E-state index contributed by atoms with van der Waals surface area (Å²) in [7, 11) is -3.56. The van der Waals surface area contributed by atoms with Crippen molar-refractivity contribution in [3.05, 3.63) is 59.2 Å². The molecule has 1 saturated heterocycles. The number of ether oxygens (including phenoxy) is 1. The van der Waals surface area contributed by atoms with E-state index in [1.165, 1.54) is 10.4 Å². The fourth-order valence-electron chi connectivity index (χ4n) is 3.50. The van der Waals surface area contributed by atoms with Crippen molar-refractivity contribution in [1.82, 2.24) is 9.62 Å². The van der Waals surface area contributed by atoms with Crippen molar-refractivity contribution in [2.24, 2.45) is 0 Å². The van der Waals surface area contributed by atoms with E-state index in [0.29, 0.717) is 31.8 Å². The molecule has 0 saturated carbocycles. The molecule has 1 amide bonds. The van der Waals surface area contributed by atoms with Crippen LogP contribution in [-0.2, 0) is 10.0 Å². The number of benzene rings is 2. The number of carbonyl (C=O) groups is 1. The Morgan fingerprint density at radius 3 is 2.41 bits per heavy atom. The Labute approximate surface area is 172 Å². The predicted molar refractivity (Wildman–Crippen MR) is 113 cm³/mol. The van der Waals surface area contributed by atoms with Gasteiger partial charge in [0.05, 0.1) is 11.4 Å². The lowest BCUT2D eigenvalue weighted by Gasteiger charge is -2.26. The van der Waals surface area contributed by atoms with Gasteiger partial charge in [0.1, 0.15) is 12.4 Å². The summed E-state index contributed by atoms with van der Waals surface area (Å²) in [6, 6.07) is 12.2. The summed E-state index contributed by atoms with van der Waals surface area (Å²) in [5.74, 6) is 0.455. The molecule has 0 radical (unpaired) electrons. The van der Waals surface area contributed by atoms with Crippen molar-refractivity contribution in [1.29, 1.82) is 0 Å². The second-order valence-electron chi connectivity index (χ2n) is 7.42. The van der Waals surface area contributed by atoms with Crippen molar-refractivity contribution < 1.29 is 17.9 Å². The molecule has 156 valence electrons. The normalized spacial score (nSPS) is 15.1. The van der Waals surface area contributed by atoms with Crippen LogP contribution in [0.4, 0.5) is 0 Å². The molecule has 2 aromatic carbocycles. The first-order valence-corrected chi connectivity index (χ1v) is 11.4. The van der Waals surface area contributed by atoms with Crippen molar-refractivity contribution in [2.45, 2.75) is 38.0 Å². The Hall–Kier alpha value is -2.38. The molecule has 3 rings (SSSR count). The maximum absolute atomic E-state index is 12.8. The van der Waals surface area contributed by atoms with E-state index in [4.69, 9.17) is 4.74 Å². The molecule has 1 N–H and O–H groups in total. The summed E-state index contributed by atoms with van der Waals surface area (Å²) >= 11 is 0. The van der Waals surface area contributed by atoms with Crippen molar-refractivity contribution in [2.75, 3.05) is 26.2 Å². The molecular weight excluding hydrogens is 388 g/mol. The molecule has 2 aromatic rings. The quantitative estimate of drug-likeness (QED) is 0.703. The van der Waals surface area contributed by atoms with Crippen LogP contribution in [0.15, 0.2) is 47.4 Å². The number of nitrogens with one attached hydrogen (secondary N) is 1. The van der Waals surface area contributed by atoms with Crippen molar-refractivity contribution >= 4 is 15.9 Å². The second-order valence-corrected chi connectivity index (χ2v) is 9.36. The summed E-state index contributed by atoms with van der Waals surface area (Å²) in [6.07, 6.45) is 2.80. The number of aryl methyl sites for hydroxylation is 2. The molecule has 7 heteroatoms. The van der Waals surface area contributed by atoms with Crippen LogP contribution in [0.5, 0.6) is 5.75 Å². The van der Waals surface area contributed by atoms with Crippen LogP contribution in [0.1, 0.15) is 40.7 Å². The number of hydrogen-bond donors (Lipinski definition) is 1. The zero-order valence-corrected chi connectivity index (χ0v) is 17.8. The van der Waals surface area contributed by atoms with Crippen molar-refractivity contribution in [3.8, 4) is 5.75 Å². The van der Waals surface area contributed by atoms with E-state index < -0.39 is 10.0 Å². The molecule has 0 bridgehead atoms. The van der Waals surface area contributed by atoms with Crippen LogP contribution < -0.4 is 10.1 Å². The van der Waals surface area contributed by atoms with Crippen LogP contribution >= 0.6 is 0 Å². The smallest absolute Gasteiger partial charge is 0.251 e. The van der Waals surface area contributed by atoms with Gasteiger partial charge in [-0.15, -0.1) is 0 Å². The highest BCUT2D eigenvalue weighted by atomic mass is 32.2. The van der Waals surface area contributed by atoms with Gasteiger partial charge >= 0.3 is 0 Å². The Balaban J connectivity index is 1.57. The average molecular weight is 417 g/mol.